The number of hydrogen-bond acceptors (Lipinski definition) is 4. The van der Waals surface area contributed by atoms with E-state index in [1.54, 1.807) is 55.5 Å². The van der Waals surface area contributed by atoms with Crippen LogP contribution in [0.1, 0.15) is 45.2 Å². The van der Waals surface area contributed by atoms with Crippen LogP contribution in [0.5, 0.6) is 0 Å². The van der Waals surface area contributed by atoms with Crippen molar-refractivity contribution in [3.8, 4) is 0 Å². The van der Waals surface area contributed by atoms with E-state index < -0.39 is 34.1 Å². The molecule has 0 aliphatic carbocycles. The van der Waals surface area contributed by atoms with E-state index >= 15 is 0 Å². The van der Waals surface area contributed by atoms with Gasteiger partial charge in [-0.2, -0.15) is 0 Å². The van der Waals surface area contributed by atoms with Gasteiger partial charge in [0.1, 0.15) is 12.6 Å². The van der Waals surface area contributed by atoms with Crippen molar-refractivity contribution in [3.05, 3.63) is 92.9 Å². The summed E-state index contributed by atoms with van der Waals surface area (Å²) >= 11 is 18.8. The molecule has 0 fully saturated rings. The van der Waals surface area contributed by atoms with Crippen LogP contribution in [0.4, 0.5) is 5.69 Å². The lowest BCUT2D eigenvalue weighted by molar-refractivity contribution is -0.141. The average molecular weight is 639 g/mol. The quantitative estimate of drug-likeness (QED) is 0.263. The van der Waals surface area contributed by atoms with Gasteiger partial charge in [0.15, 0.2) is 0 Å². The monoisotopic (exact) mass is 637 g/mol. The number of aryl methyl sites for hydroxylation is 1. The molecular formula is C30H34Cl3N3O4S. The fourth-order valence-electron chi connectivity index (χ4n) is 4.20. The zero-order chi connectivity index (χ0) is 30.5. The lowest BCUT2D eigenvalue weighted by atomic mass is 10.1. The Morgan fingerprint density at radius 2 is 1.56 bits per heavy atom. The van der Waals surface area contributed by atoms with Gasteiger partial charge in [-0.15, -0.1) is 0 Å². The maximum absolute atomic E-state index is 14.1. The number of rotatable bonds is 10. The van der Waals surface area contributed by atoms with Crippen LogP contribution in [0.3, 0.4) is 0 Å². The van der Waals surface area contributed by atoms with Gasteiger partial charge >= 0.3 is 0 Å². The molecule has 0 aromatic heterocycles. The van der Waals surface area contributed by atoms with E-state index in [-0.39, 0.29) is 29.5 Å². The minimum Gasteiger partial charge on any atom is -0.350 e. The Kier molecular flexibility index (Phi) is 10.7. The summed E-state index contributed by atoms with van der Waals surface area (Å²) in [6, 6.07) is 16.6. The molecule has 1 atom stereocenters. The summed E-state index contributed by atoms with van der Waals surface area (Å²) in [5.74, 6) is -0.961. The number of carbonyl (C=O) groups is 2. The minimum atomic E-state index is -4.20. The number of sulfonamides is 1. The van der Waals surface area contributed by atoms with E-state index in [1.807, 2.05) is 27.7 Å². The molecule has 0 saturated heterocycles. The second-order valence-electron chi connectivity index (χ2n) is 10.7. The topological polar surface area (TPSA) is 86.8 Å². The van der Waals surface area contributed by atoms with Crippen molar-refractivity contribution in [1.82, 2.24) is 10.2 Å². The predicted molar refractivity (Wildman–Crippen MR) is 166 cm³/mol. The largest absolute Gasteiger partial charge is 0.350 e. The standard InChI is InChI=1S/C30H34Cl3N3O4S/c1-6-27(29(38)34-30(3,4)5)35(18-21-12-13-23(32)17-26(21)33)28(37)19-36(24-9-7-8-22(31)16-24)41(39,40)25-14-10-20(2)11-15-25/h7-17,27H,6,18-19H2,1-5H3,(H,34,38)/t27-/m0/s1. The molecule has 1 N–H and O–H groups in total. The van der Waals surface area contributed by atoms with Gasteiger partial charge in [-0.05, 0) is 82.1 Å². The first-order valence-corrected chi connectivity index (χ1v) is 15.6. The molecule has 0 radical (unpaired) electrons. The number of amides is 2. The van der Waals surface area contributed by atoms with Gasteiger partial charge in [0.25, 0.3) is 10.0 Å². The Morgan fingerprint density at radius 3 is 2.12 bits per heavy atom. The van der Waals surface area contributed by atoms with Gasteiger partial charge in [0, 0.05) is 27.2 Å². The molecule has 0 aliphatic heterocycles. The van der Waals surface area contributed by atoms with Gasteiger partial charge in [-0.25, -0.2) is 8.42 Å². The molecule has 41 heavy (non-hydrogen) atoms. The number of benzene rings is 3. The van der Waals surface area contributed by atoms with Gasteiger partial charge in [-0.3, -0.25) is 13.9 Å². The maximum Gasteiger partial charge on any atom is 0.264 e. The van der Waals surface area contributed by atoms with Crippen molar-refractivity contribution in [1.29, 1.82) is 0 Å². The van der Waals surface area contributed by atoms with Gasteiger partial charge < -0.3 is 10.2 Å². The van der Waals surface area contributed by atoms with Crippen molar-refractivity contribution in [3.63, 3.8) is 0 Å². The Balaban J connectivity index is 2.10. The van der Waals surface area contributed by atoms with E-state index in [1.165, 1.54) is 23.1 Å². The highest BCUT2D eigenvalue weighted by atomic mass is 35.5. The normalized spacial score (nSPS) is 12.5. The molecule has 11 heteroatoms. The van der Waals surface area contributed by atoms with E-state index in [0.29, 0.717) is 20.6 Å². The minimum absolute atomic E-state index is 0.0145. The lowest BCUT2D eigenvalue weighted by Gasteiger charge is -2.35. The van der Waals surface area contributed by atoms with E-state index in [2.05, 4.69) is 5.32 Å². The third-order valence-corrected chi connectivity index (χ3v) is 8.83. The van der Waals surface area contributed by atoms with Crippen molar-refractivity contribution >= 4 is 62.3 Å². The van der Waals surface area contributed by atoms with Crippen LogP contribution in [0.2, 0.25) is 15.1 Å². The summed E-state index contributed by atoms with van der Waals surface area (Å²) in [6.45, 7) is 8.54. The zero-order valence-electron chi connectivity index (χ0n) is 23.6. The summed E-state index contributed by atoms with van der Waals surface area (Å²) < 4.78 is 28.9. The summed E-state index contributed by atoms with van der Waals surface area (Å²) in [5.41, 5.74) is 1.10. The number of halogens is 3. The molecule has 0 unspecified atom stereocenters. The van der Waals surface area contributed by atoms with E-state index in [4.69, 9.17) is 34.8 Å². The van der Waals surface area contributed by atoms with Crippen LogP contribution >= 0.6 is 34.8 Å². The fourth-order valence-corrected chi connectivity index (χ4v) is 6.26. The molecule has 0 aliphatic rings. The van der Waals surface area contributed by atoms with Gasteiger partial charge in [-0.1, -0.05) is 71.6 Å². The highest BCUT2D eigenvalue weighted by Crippen LogP contribution is 2.28. The van der Waals surface area contributed by atoms with Gasteiger partial charge in [0.05, 0.1) is 10.6 Å². The molecule has 0 heterocycles. The smallest absolute Gasteiger partial charge is 0.264 e. The van der Waals surface area contributed by atoms with Crippen molar-refractivity contribution in [2.45, 2.75) is 64.1 Å². The summed E-state index contributed by atoms with van der Waals surface area (Å²) in [7, 11) is -4.20. The van der Waals surface area contributed by atoms with Crippen molar-refractivity contribution < 1.29 is 18.0 Å². The zero-order valence-corrected chi connectivity index (χ0v) is 26.7. The number of nitrogens with zero attached hydrogens (tertiary/aromatic N) is 2. The molecule has 3 aromatic rings. The first kappa shape index (κ1) is 32.7. The lowest BCUT2D eigenvalue weighted by Crippen LogP contribution is -2.55. The molecule has 220 valence electrons. The Hall–Kier alpha value is -2.78. The van der Waals surface area contributed by atoms with Crippen LogP contribution in [0.15, 0.2) is 71.6 Å². The number of nitrogens with one attached hydrogen (secondary N) is 1. The second kappa shape index (κ2) is 13.5. The van der Waals surface area contributed by atoms with Gasteiger partial charge in [0.2, 0.25) is 11.8 Å². The van der Waals surface area contributed by atoms with Crippen molar-refractivity contribution in [2.75, 3.05) is 10.8 Å². The molecule has 0 bridgehead atoms. The molecule has 0 saturated carbocycles. The summed E-state index contributed by atoms with van der Waals surface area (Å²) in [4.78, 5) is 28.9. The predicted octanol–water partition coefficient (Wildman–Crippen LogP) is 6.87. The Bertz CT molecular complexity index is 1510. The first-order valence-electron chi connectivity index (χ1n) is 13.0. The van der Waals surface area contributed by atoms with E-state index in [9.17, 15) is 18.0 Å². The Morgan fingerprint density at radius 1 is 0.927 bits per heavy atom. The molecule has 3 rings (SSSR count). The third-order valence-electron chi connectivity index (χ3n) is 6.22. The summed E-state index contributed by atoms with van der Waals surface area (Å²) in [5, 5.41) is 3.98. The molecule has 3 aromatic carbocycles. The first-order chi connectivity index (χ1) is 19.1. The van der Waals surface area contributed by atoms with E-state index in [0.717, 1.165) is 9.87 Å². The molecule has 0 spiro atoms. The van der Waals surface area contributed by atoms with Crippen LogP contribution in [0.25, 0.3) is 0 Å². The molecule has 7 nitrogen and oxygen atoms in total. The van der Waals surface area contributed by atoms with Crippen molar-refractivity contribution in [2.24, 2.45) is 0 Å². The number of anilines is 1. The molecule has 2 amide bonds. The third kappa shape index (κ3) is 8.61. The SMILES string of the molecule is CC[C@@H](C(=O)NC(C)(C)C)N(Cc1ccc(Cl)cc1Cl)C(=O)CN(c1cccc(Cl)c1)S(=O)(=O)c1ccc(C)cc1. The summed E-state index contributed by atoms with van der Waals surface area (Å²) in [6.07, 6.45) is 0.279. The molecular weight excluding hydrogens is 605 g/mol. The number of carbonyl (C=O) groups excluding carboxylic acids is 2. The average Bonchev–Trinajstić information content (AvgIpc) is 2.87. The fraction of sp³-hybridized carbons (Fsp3) is 0.333. The van der Waals surface area contributed by atoms with Crippen LogP contribution < -0.4 is 9.62 Å². The highest BCUT2D eigenvalue weighted by Gasteiger charge is 2.35. The van der Waals surface area contributed by atoms with Crippen LogP contribution in [-0.4, -0.2) is 43.3 Å². The maximum atomic E-state index is 14.1. The Labute approximate surface area is 257 Å². The number of hydrogen-bond donors (Lipinski definition) is 1. The van der Waals surface area contributed by atoms with Crippen LogP contribution in [-0.2, 0) is 26.2 Å². The van der Waals surface area contributed by atoms with Crippen LogP contribution in [0, 0.1) is 6.92 Å². The second-order valence-corrected chi connectivity index (χ2v) is 13.9. The highest BCUT2D eigenvalue weighted by molar-refractivity contribution is 7.92.